The van der Waals surface area contributed by atoms with Crippen molar-refractivity contribution < 1.29 is 9.66 Å². The minimum Gasteiger partial charge on any atom is -0.378 e. The quantitative estimate of drug-likeness (QED) is 0.677. The van der Waals surface area contributed by atoms with Gasteiger partial charge in [-0.05, 0) is 31.7 Å². The Hall–Kier alpha value is -1.69. The van der Waals surface area contributed by atoms with Gasteiger partial charge in [-0.1, -0.05) is 13.8 Å². The predicted octanol–water partition coefficient (Wildman–Crippen LogP) is 2.91. The van der Waals surface area contributed by atoms with Gasteiger partial charge in [-0.2, -0.15) is 0 Å². The van der Waals surface area contributed by atoms with Crippen LogP contribution in [0.5, 0.6) is 0 Å². The topological polar surface area (TPSA) is 77.3 Å². The maximum absolute atomic E-state index is 10.8. The Morgan fingerprint density at radius 2 is 2.30 bits per heavy atom. The Kier molecular flexibility index (Phi) is 4.54. The first-order valence-corrected chi connectivity index (χ1v) is 6.96. The molecule has 0 aromatic carbocycles. The molecule has 0 saturated carbocycles. The van der Waals surface area contributed by atoms with E-state index in [1.165, 1.54) is 6.20 Å². The second-order valence-corrected chi connectivity index (χ2v) is 5.63. The van der Waals surface area contributed by atoms with Crippen molar-refractivity contribution in [1.29, 1.82) is 0 Å². The number of hydrogen-bond donors (Lipinski definition) is 1. The Labute approximate surface area is 118 Å². The summed E-state index contributed by atoms with van der Waals surface area (Å²) in [7, 11) is 0. The summed E-state index contributed by atoms with van der Waals surface area (Å²) in [5, 5.41) is 14.1. The minimum absolute atomic E-state index is 0.0579. The van der Waals surface area contributed by atoms with Crippen molar-refractivity contribution in [3.8, 4) is 0 Å². The maximum Gasteiger partial charge on any atom is 0.290 e. The SMILES string of the molecule is Cc1cc(N[C@@H]2CCO[C@@H](C(C)C)C2)ncc1[N+](=O)[O-]. The lowest BCUT2D eigenvalue weighted by molar-refractivity contribution is -0.385. The average Bonchev–Trinajstić information content (AvgIpc) is 2.38. The molecule has 0 aliphatic carbocycles. The van der Waals surface area contributed by atoms with Crippen molar-refractivity contribution >= 4 is 11.5 Å². The van der Waals surface area contributed by atoms with Crippen LogP contribution in [0.15, 0.2) is 12.3 Å². The molecule has 1 aliphatic rings. The summed E-state index contributed by atoms with van der Waals surface area (Å²) in [6.45, 7) is 6.78. The number of pyridine rings is 1. The van der Waals surface area contributed by atoms with E-state index in [1.807, 2.05) is 0 Å². The molecule has 0 unspecified atom stereocenters. The third kappa shape index (κ3) is 3.45. The van der Waals surface area contributed by atoms with Gasteiger partial charge in [0.05, 0.1) is 11.0 Å². The monoisotopic (exact) mass is 279 g/mol. The highest BCUT2D eigenvalue weighted by Crippen LogP contribution is 2.24. The van der Waals surface area contributed by atoms with Crippen LogP contribution < -0.4 is 5.32 Å². The Bertz CT molecular complexity index is 491. The van der Waals surface area contributed by atoms with Gasteiger partial charge in [0.15, 0.2) is 0 Å². The molecule has 110 valence electrons. The van der Waals surface area contributed by atoms with Crippen LogP contribution in [0.1, 0.15) is 32.3 Å². The van der Waals surface area contributed by atoms with Gasteiger partial charge in [0.25, 0.3) is 5.69 Å². The highest BCUT2D eigenvalue weighted by Gasteiger charge is 2.25. The molecule has 0 amide bonds. The first-order valence-electron chi connectivity index (χ1n) is 6.96. The first-order chi connectivity index (χ1) is 9.47. The molecule has 1 fully saturated rings. The van der Waals surface area contributed by atoms with Gasteiger partial charge in [-0.25, -0.2) is 4.98 Å². The number of ether oxygens (including phenoxy) is 1. The van der Waals surface area contributed by atoms with Gasteiger partial charge < -0.3 is 10.1 Å². The van der Waals surface area contributed by atoms with Crippen LogP contribution >= 0.6 is 0 Å². The molecule has 1 aliphatic heterocycles. The number of nitro groups is 1. The summed E-state index contributed by atoms with van der Waals surface area (Å²) >= 11 is 0. The van der Waals surface area contributed by atoms with E-state index < -0.39 is 4.92 Å². The second-order valence-electron chi connectivity index (χ2n) is 5.63. The third-order valence-electron chi connectivity index (χ3n) is 3.69. The predicted molar refractivity (Wildman–Crippen MR) is 76.9 cm³/mol. The van der Waals surface area contributed by atoms with Crippen LogP contribution in [0.2, 0.25) is 0 Å². The number of aromatic nitrogens is 1. The molecule has 6 nitrogen and oxygen atoms in total. The Morgan fingerprint density at radius 3 is 2.90 bits per heavy atom. The van der Waals surface area contributed by atoms with E-state index in [4.69, 9.17) is 4.74 Å². The molecular formula is C14H21N3O3. The smallest absolute Gasteiger partial charge is 0.290 e. The number of aryl methyl sites for hydroxylation is 1. The normalized spacial score (nSPS) is 22.8. The van der Waals surface area contributed by atoms with E-state index in [9.17, 15) is 10.1 Å². The third-order valence-corrected chi connectivity index (χ3v) is 3.69. The molecule has 1 saturated heterocycles. The van der Waals surface area contributed by atoms with Crippen molar-refractivity contribution in [1.82, 2.24) is 4.98 Å². The van der Waals surface area contributed by atoms with Gasteiger partial charge in [0, 0.05) is 18.2 Å². The summed E-state index contributed by atoms with van der Waals surface area (Å²) in [6.07, 6.45) is 3.45. The fraction of sp³-hybridized carbons (Fsp3) is 0.643. The van der Waals surface area contributed by atoms with Gasteiger partial charge in [0.2, 0.25) is 0 Å². The van der Waals surface area contributed by atoms with E-state index >= 15 is 0 Å². The number of nitrogens with zero attached hydrogens (tertiary/aromatic N) is 2. The largest absolute Gasteiger partial charge is 0.378 e. The molecule has 6 heteroatoms. The van der Waals surface area contributed by atoms with Crippen molar-refractivity contribution in [3.05, 3.63) is 27.9 Å². The molecule has 0 radical (unpaired) electrons. The minimum atomic E-state index is -0.407. The summed E-state index contributed by atoms with van der Waals surface area (Å²) in [4.78, 5) is 14.5. The molecule has 20 heavy (non-hydrogen) atoms. The summed E-state index contributed by atoms with van der Waals surface area (Å²) < 4.78 is 5.73. The van der Waals surface area contributed by atoms with Gasteiger partial charge >= 0.3 is 0 Å². The van der Waals surface area contributed by atoms with Crippen molar-refractivity contribution in [3.63, 3.8) is 0 Å². The lowest BCUT2D eigenvalue weighted by Crippen LogP contribution is -2.36. The average molecular weight is 279 g/mol. The Morgan fingerprint density at radius 1 is 1.55 bits per heavy atom. The molecule has 1 aromatic rings. The summed E-state index contributed by atoms with van der Waals surface area (Å²) in [6, 6.07) is 2.04. The van der Waals surface area contributed by atoms with Crippen molar-refractivity contribution in [2.45, 2.75) is 45.8 Å². The Balaban J connectivity index is 2.03. The molecule has 2 heterocycles. The second kappa shape index (κ2) is 6.17. The van der Waals surface area contributed by atoms with Gasteiger partial charge in [-0.15, -0.1) is 0 Å². The highest BCUT2D eigenvalue weighted by atomic mass is 16.6. The molecule has 0 bridgehead atoms. The van der Waals surface area contributed by atoms with Crippen LogP contribution in [-0.2, 0) is 4.74 Å². The van der Waals surface area contributed by atoms with Crippen molar-refractivity contribution in [2.24, 2.45) is 5.92 Å². The maximum atomic E-state index is 10.8. The fourth-order valence-electron chi connectivity index (χ4n) is 2.45. The zero-order valence-corrected chi connectivity index (χ0v) is 12.1. The zero-order chi connectivity index (χ0) is 14.7. The molecule has 2 atom stereocenters. The zero-order valence-electron chi connectivity index (χ0n) is 12.1. The highest BCUT2D eigenvalue weighted by molar-refractivity contribution is 5.47. The van der Waals surface area contributed by atoms with Crippen molar-refractivity contribution in [2.75, 3.05) is 11.9 Å². The van der Waals surface area contributed by atoms with E-state index in [0.717, 1.165) is 19.4 Å². The molecule has 0 spiro atoms. The van der Waals surface area contributed by atoms with E-state index in [1.54, 1.807) is 13.0 Å². The number of nitrogens with one attached hydrogen (secondary N) is 1. The fourth-order valence-corrected chi connectivity index (χ4v) is 2.45. The van der Waals surface area contributed by atoms with Crippen LogP contribution in [-0.4, -0.2) is 28.7 Å². The lowest BCUT2D eigenvalue weighted by atomic mass is 9.95. The number of anilines is 1. The van der Waals surface area contributed by atoms with Crippen LogP contribution in [0.3, 0.4) is 0 Å². The molecule has 2 rings (SSSR count). The van der Waals surface area contributed by atoms with E-state index in [0.29, 0.717) is 23.3 Å². The lowest BCUT2D eigenvalue weighted by Gasteiger charge is -2.32. The molecule has 1 N–H and O–H groups in total. The van der Waals surface area contributed by atoms with Crippen LogP contribution in [0, 0.1) is 23.0 Å². The molecule has 1 aromatic heterocycles. The standard InChI is InChI=1S/C14H21N3O3/c1-9(2)13-7-11(4-5-20-13)16-14-6-10(3)12(8-15-14)17(18)19/h6,8-9,11,13H,4-5,7H2,1-3H3,(H,15,16)/t11-,13-/m1/s1. The number of rotatable bonds is 4. The van der Waals surface area contributed by atoms with E-state index in [-0.39, 0.29) is 11.8 Å². The molecular weight excluding hydrogens is 258 g/mol. The number of hydrogen-bond acceptors (Lipinski definition) is 5. The summed E-state index contributed by atoms with van der Waals surface area (Å²) in [5.74, 6) is 1.19. The summed E-state index contributed by atoms with van der Waals surface area (Å²) in [5.41, 5.74) is 0.683. The van der Waals surface area contributed by atoms with Crippen LogP contribution in [0.4, 0.5) is 11.5 Å². The first kappa shape index (κ1) is 14.7. The van der Waals surface area contributed by atoms with Gasteiger partial charge in [0.1, 0.15) is 12.0 Å². The van der Waals surface area contributed by atoms with Crippen LogP contribution in [0.25, 0.3) is 0 Å². The van der Waals surface area contributed by atoms with Gasteiger partial charge in [-0.3, -0.25) is 10.1 Å². The van der Waals surface area contributed by atoms with E-state index in [2.05, 4.69) is 24.1 Å².